The van der Waals surface area contributed by atoms with Gasteiger partial charge < -0.3 is 55.7 Å². The molecule has 1 saturated carbocycles. The highest BCUT2D eigenvalue weighted by Crippen LogP contribution is 2.39. The van der Waals surface area contributed by atoms with Crippen LogP contribution in [0.4, 0.5) is 73.0 Å². The van der Waals surface area contributed by atoms with Crippen molar-refractivity contribution >= 4 is 63.2 Å². The van der Waals surface area contributed by atoms with Crippen LogP contribution < -0.4 is 36.0 Å². The first-order valence-electron chi connectivity index (χ1n) is 43.0. The van der Waals surface area contributed by atoms with Gasteiger partial charge in [0.1, 0.15) is 86.0 Å². The van der Waals surface area contributed by atoms with Crippen LogP contribution in [0.25, 0.3) is 85.8 Å². The number of anilines is 5. The molecule has 694 valence electrons. The van der Waals surface area contributed by atoms with E-state index in [1.165, 1.54) is 87.6 Å². The third-order valence-electron chi connectivity index (χ3n) is 23.4. The van der Waals surface area contributed by atoms with Gasteiger partial charge in [-0.2, -0.15) is 0 Å². The van der Waals surface area contributed by atoms with Gasteiger partial charge in [-0.25, -0.2) is 144 Å². The Morgan fingerprint density at radius 2 is 0.707 bits per heavy atom. The SMILES string of the molecule is CC1CN(c2ccnc(-c3cnc4cnc(C(F)F)cn34)n2)CC(C)O1.NC(=O)C1COCCN(c2ccnc(-c3cnc4cnc(C(F)F)cn34)n2)C1.NC1CCCN(c2ccnc(-c3cnc4cnc(C(F)F)cn34)n2)CC1.OC1CCC2CN(c3ccnc(-c4cnc5cnc(C(F)F)cn45)n3)CC2C1.OC1CCCN(c2ccnc(-c3cnc4cnc(C(F)F)cn34)n2)C1. The van der Waals surface area contributed by atoms with Crippen LogP contribution >= 0.6 is 0 Å². The van der Waals surface area contributed by atoms with Gasteiger partial charge in [0, 0.05) is 133 Å². The Hall–Kier alpha value is -13.9. The van der Waals surface area contributed by atoms with Crippen LogP contribution in [0.1, 0.15) is 126 Å². The predicted octanol–water partition coefficient (Wildman–Crippen LogP) is 11.0. The summed E-state index contributed by atoms with van der Waals surface area (Å²) in [4.78, 5) is 106. The number of alkyl halides is 10. The number of morpholine rings is 1. The molecule has 1 amide bonds. The Morgan fingerprint density at radius 3 is 1.08 bits per heavy atom. The summed E-state index contributed by atoms with van der Waals surface area (Å²) in [5, 5.41) is 19.8. The lowest BCUT2D eigenvalue weighted by Crippen LogP contribution is -2.45. The second-order valence-electron chi connectivity index (χ2n) is 32.7. The highest BCUT2D eigenvalue weighted by Gasteiger charge is 2.39. The van der Waals surface area contributed by atoms with E-state index in [4.69, 9.17) is 20.9 Å². The van der Waals surface area contributed by atoms with E-state index >= 15 is 0 Å². The van der Waals surface area contributed by atoms with Crippen LogP contribution in [0.5, 0.6) is 0 Å². The van der Waals surface area contributed by atoms with E-state index in [1.54, 1.807) is 70.5 Å². The molecule has 8 atom stereocenters. The van der Waals surface area contributed by atoms with Gasteiger partial charge in [0.2, 0.25) is 5.91 Å². The molecule has 15 aromatic heterocycles. The molecule has 15 aromatic rings. The monoisotopic (exact) mass is 1840 g/mol. The molecule has 21 rings (SSSR count). The molecule has 0 bridgehead atoms. The average Bonchev–Trinajstić information content (AvgIpc) is 1.71. The van der Waals surface area contributed by atoms with E-state index in [9.17, 15) is 58.9 Å². The number of fused-ring (bicyclic) bond motifs is 6. The fourth-order valence-electron chi connectivity index (χ4n) is 16.8. The average molecular weight is 1840 g/mol. The number of hydrogen-bond donors (Lipinski definition) is 4. The number of hydrogen-bond acceptors (Lipinski definition) is 31. The number of amides is 1. The number of carbonyl (C=O) groups is 1. The number of primary amides is 1. The van der Waals surface area contributed by atoms with Crippen molar-refractivity contribution in [3.8, 4) is 57.6 Å². The number of β-amino-alcohol motifs (C(OH)–C–C–N with tert-alkyl or cyclic N) is 1. The molecule has 0 aromatic carbocycles. The van der Waals surface area contributed by atoms with Gasteiger partial charge in [0.15, 0.2) is 57.4 Å². The number of piperidine rings is 1. The third kappa shape index (κ3) is 21.0. The lowest BCUT2D eigenvalue weighted by Gasteiger charge is -2.36. The number of nitrogens with two attached hydrogens (primary N) is 2. The molecule has 20 heterocycles. The summed E-state index contributed by atoms with van der Waals surface area (Å²) >= 11 is 0. The zero-order chi connectivity index (χ0) is 92.7. The molecule has 133 heavy (non-hydrogen) atoms. The molecule has 47 heteroatoms. The molecular formula is C86H90F10N32O5. The normalized spacial score (nSPS) is 20.1. The number of imidazole rings is 5. The summed E-state index contributed by atoms with van der Waals surface area (Å²) in [6.07, 6.45) is 22.5. The highest BCUT2D eigenvalue weighted by atomic mass is 19.3. The number of aliphatic hydroxyl groups is 2. The minimum Gasteiger partial charge on any atom is -0.393 e. The molecule has 6 fully saturated rings. The molecule has 0 spiro atoms. The predicted molar refractivity (Wildman–Crippen MR) is 463 cm³/mol. The summed E-state index contributed by atoms with van der Waals surface area (Å²) < 4.78 is 149. The minimum atomic E-state index is -2.70. The van der Waals surface area contributed by atoms with Gasteiger partial charge in [0.25, 0.3) is 32.1 Å². The number of halogens is 10. The van der Waals surface area contributed by atoms with Gasteiger partial charge >= 0.3 is 0 Å². The van der Waals surface area contributed by atoms with Gasteiger partial charge in [-0.05, 0) is 107 Å². The van der Waals surface area contributed by atoms with Crippen LogP contribution in [0, 0.1) is 17.8 Å². The summed E-state index contributed by atoms with van der Waals surface area (Å²) in [6, 6.07) is 9.27. The number of rotatable bonds is 16. The molecule has 5 saturated heterocycles. The highest BCUT2D eigenvalue weighted by molar-refractivity contribution is 5.77. The van der Waals surface area contributed by atoms with Crippen molar-refractivity contribution in [2.75, 3.05) is 103 Å². The summed E-state index contributed by atoms with van der Waals surface area (Å²) in [5.41, 5.74) is 14.7. The van der Waals surface area contributed by atoms with E-state index in [2.05, 4.69) is 114 Å². The van der Waals surface area contributed by atoms with Crippen molar-refractivity contribution in [2.45, 2.75) is 128 Å². The maximum absolute atomic E-state index is 13.0. The lowest BCUT2D eigenvalue weighted by atomic mass is 9.80. The van der Waals surface area contributed by atoms with Crippen molar-refractivity contribution < 1.29 is 68.4 Å². The van der Waals surface area contributed by atoms with Gasteiger partial charge in [-0.1, -0.05) is 0 Å². The van der Waals surface area contributed by atoms with E-state index in [0.717, 1.165) is 115 Å². The molecule has 8 unspecified atom stereocenters. The fraction of sp³-hybridized carbons (Fsp3) is 0.407. The quantitative estimate of drug-likeness (QED) is 0.0653. The van der Waals surface area contributed by atoms with Crippen LogP contribution in [0.2, 0.25) is 0 Å². The van der Waals surface area contributed by atoms with Crippen molar-refractivity contribution in [1.82, 2.24) is 122 Å². The largest absolute Gasteiger partial charge is 0.393 e. The first kappa shape index (κ1) is 91.0. The van der Waals surface area contributed by atoms with E-state index in [1.807, 2.05) is 41.8 Å². The molecule has 5 aliphatic heterocycles. The summed E-state index contributed by atoms with van der Waals surface area (Å²) in [6.45, 7) is 11.9. The smallest absolute Gasteiger partial charge is 0.281 e. The number of aliphatic hydroxyl groups excluding tert-OH is 2. The maximum atomic E-state index is 13.0. The van der Waals surface area contributed by atoms with E-state index in [-0.39, 0.29) is 65.5 Å². The topological polar surface area (TPSA) is 424 Å². The summed E-state index contributed by atoms with van der Waals surface area (Å²) in [5.74, 6) is 5.86. The van der Waals surface area contributed by atoms with Crippen molar-refractivity contribution in [3.05, 3.63) is 183 Å². The minimum absolute atomic E-state index is 0.104. The van der Waals surface area contributed by atoms with Crippen molar-refractivity contribution in [1.29, 1.82) is 0 Å². The first-order chi connectivity index (χ1) is 64.3. The van der Waals surface area contributed by atoms with Gasteiger partial charge in [-0.15, -0.1) is 0 Å². The zero-order valence-electron chi connectivity index (χ0n) is 71.6. The van der Waals surface area contributed by atoms with Crippen LogP contribution in [0.15, 0.2) is 154 Å². The number of aromatic nitrogens is 25. The Bertz CT molecular complexity index is 6540. The number of nitrogens with zero attached hydrogens (tertiary/aromatic N) is 30. The lowest BCUT2D eigenvalue weighted by molar-refractivity contribution is -0.122. The number of carbonyl (C=O) groups excluding carboxylic acids is 1. The second kappa shape index (κ2) is 40.4. The zero-order valence-corrected chi connectivity index (χ0v) is 71.6. The molecule has 0 radical (unpaired) electrons. The van der Waals surface area contributed by atoms with Gasteiger partial charge in [-0.3, -0.25) is 26.8 Å². The summed E-state index contributed by atoms with van der Waals surface area (Å²) in [7, 11) is 0. The van der Waals surface area contributed by atoms with Crippen molar-refractivity contribution in [3.63, 3.8) is 0 Å². The molecule has 6 N–H and O–H groups in total. The standard InChI is InChI=1S/C19H20F2N6O.C17H17F2N7O2.C17H19F2N7.C17H18F2N6O.C16H16F2N6O/c20-18(21)14-10-27-15(6-24-17(27)7-23-14)19-22-4-3-16(25-19)26-8-11-1-2-13(28)5-12(11)9-26;18-15(19)11-8-26-12(5-23-14(26)6-22-11)17-21-2-1-13(24-17)25-3-4-28-9-10(7-25)16(20)27;18-16(19)12-10-26-13(8-23-15(26)9-22-12)17-21-5-3-14(24-17)25-6-1-2-11(20)4-7-25;1-10-7-24(8-11(2)26-10)14-3-4-20-17(23-14)13-5-22-15-6-21-12(16(18)19)9-25(13)15;17-15(18)11-9-24-12(6-21-14(24)7-20-11)16-19-4-3-13(22-16)23-5-1-2-10(25)8-23/h3-4,6-7,10-13,18,28H,1-2,5,8-9H2;1-2,5-6,8,10,15H,3-4,7,9H2,(H2,20,27);3,5,8-11,16H,1-2,4,6-7,20H2;3-6,9-11,16H,7-8H2,1-2H3;3-4,6-7,9-10,15,25H,1-2,5,8H2. The van der Waals surface area contributed by atoms with E-state index in [0.29, 0.717) is 136 Å². The Morgan fingerprint density at radius 1 is 0.368 bits per heavy atom. The fourth-order valence-corrected chi connectivity index (χ4v) is 16.8. The molecule has 6 aliphatic rings. The Labute approximate surface area is 750 Å². The van der Waals surface area contributed by atoms with Crippen molar-refractivity contribution in [2.24, 2.45) is 29.2 Å². The van der Waals surface area contributed by atoms with Crippen LogP contribution in [0.3, 0.4) is 0 Å². The second-order valence-corrected chi connectivity index (χ2v) is 32.7. The van der Waals surface area contributed by atoms with Gasteiger partial charge in [0.05, 0.1) is 106 Å². The molecular weight excluding hydrogens is 1750 g/mol. The maximum Gasteiger partial charge on any atom is 0.281 e. The Kier molecular flexibility index (Phi) is 27.7. The molecule has 37 nitrogen and oxygen atoms in total. The number of ether oxygens (including phenoxy) is 2. The third-order valence-corrected chi connectivity index (χ3v) is 23.4. The van der Waals surface area contributed by atoms with Crippen LogP contribution in [-0.4, -0.2) is 247 Å². The van der Waals surface area contributed by atoms with Crippen LogP contribution in [-0.2, 0) is 14.3 Å². The molecule has 1 aliphatic carbocycles. The van der Waals surface area contributed by atoms with E-state index < -0.39 is 44.0 Å². The first-order valence-corrected chi connectivity index (χ1v) is 43.0. The Balaban J connectivity index is 0.000000116.